The summed E-state index contributed by atoms with van der Waals surface area (Å²) in [5.41, 5.74) is 0. The number of hydrogen-bond acceptors (Lipinski definition) is 6. The maximum absolute atomic E-state index is 12.4. The minimum Gasteiger partial charge on any atom is -0.459 e. The van der Waals surface area contributed by atoms with Gasteiger partial charge in [-0.2, -0.15) is 4.31 Å². The minimum absolute atomic E-state index is 0.0462. The lowest BCUT2D eigenvalue weighted by molar-refractivity contribution is 0.0665. The van der Waals surface area contributed by atoms with Crippen molar-refractivity contribution in [3.05, 3.63) is 46.5 Å². The Balaban J connectivity index is 1.47. The van der Waals surface area contributed by atoms with Gasteiger partial charge >= 0.3 is 0 Å². The number of nitrogens with one attached hydrogen (secondary N) is 1. The van der Waals surface area contributed by atoms with Crippen molar-refractivity contribution >= 4 is 33.2 Å². The summed E-state index contributed by atoms with van der Waals surface area (Å²) in [5, 5.41) is 4.40. The van der Waals surface area contributed by atoms with Crippen molar-refractivity contribution in [1.29, 1.82) is 0 Å². The van der Waals surface area contributed by atoms with Gasteiger partial charge in [0.2, 0.25) is 10.0 Å². The van der Waals surface area contributed by atoms with Gasteiger partial charge in [-0.15, -0.1) is 11.3 Å². The molecule has 0 bridgehead atoms. The summed E-state index contributed by atoms with van der Waals surface area (Å²) in [6, 6.07) is 6.67. The number of rotatable bonds is 6. The van der Waals surface area contributed by atoms with Crippen LogP contribution in [0.2, 0.25) is 0 Å². The van der Waals surface area contributed by atoms with E-state index in [0.717, 1.165) is 0 Å². The van der Waals surface area contributed by atoms with Crippen LogP contribution < -0.4 is 5.32 Å². The van der Waals surface area contributed by atoms with Crippen molar-refractivity contribution in [3.8, 4) is 0 Å². The highest BCUT2D eigenvalue weighted by Crippen LogP contribution is 2.12. The van der Waals surface area contributed by atoms with Crippen LogP contribution in [0.3, 0.4) is 0 Å². The predicted octanol–water partition coefficient (Wildman–Crippen LogP) is 0.859. The fraction of sp³-hybridized carbons (Fsp3) is 0.375. The molecule has 1 fully saturated rings. The standard InChI is InChI=1S/C16H19N3O5S2/c20-15(14-4-2-11-25-14)17-5-12-26(22,23)19-8-6-18(7-9-19)16(21)13-3-1-10-24-13/h1-4,10-11H,5-9,12H2,(H,17,20). The molecule has 10 heteroatoms. The molecule has 0 atom stereocenters. The zero-order valence-corrected chi connectivity index (χ0v) is 15.6. The summed E-state index contributed by atoms with van der Waals surface area (Å²) in [5.74, 6) is -0.437. The van der Waals surface area contributed by atoms with Crippen molar-refractivity contribution in [3.63, 3.8) is 0 Å². The second kappa shape index (κ2) is 8.02. The Morgan fingerprint density at radius 2 is 1.92 bits per heavy atom. The van der Waals surface area contributed by atoms with Crippen LogP contribution in [-0.4, -0.2) is 67.9 Å². The molecule has 2 amide bonds. The van der Waals surface area contributed by atoms with Crippen LogP contribution >= 0.6 is 11.3 Å². The van der Waals surface area contributed by atoms with Gasteiger partial charge < -0.3 is 14.6 Å². The molecule has 2 aromatic rings. The number of thiophene rings is 1. The first-order valence-corrected chi connectivity index (χ1v) is 10.6. The maximum Gasteiger partial charge on any atom is 0.289 e. The zero-order chi connectivity index (χ0) is 18.6. The fourth-order valence-electron chi connectivity index (χ4n) is 2.64. The van der Waals surface area contributed by atoms with Crippen LogP contribution in [0.15, 0.2) is 40.3 Å². The van der Waals surface area contributed by atoms with Gasteiger partial charge in [-0.25, -0.2) is 8.42 Å². The highest BCUT2D eigenvalue weighted by Gasteiger charge is 2.29. The minimum atomic E-state index is -3.49. The molecule has 3 rings (SSSR count). The molecule has 0 saturated carbocycles. The SMILES string of the molecule is O=C(NCCS(=O)(=O)N1CCN(C(=O)c2ccco2)CC1)c1cccs1. The summed E-state index contributed by atoms with van der Waals surface area (Å²) >= 11 is 1.30. The Bertz CT molecular complexity index is 839. The molecule has 3 heterocycles. The average molecular weight is 397 g/mol. The Morgan fingerprint density at radius 3 is 2.54 bits per heavy atom. The third kappa shape index (κ3) is 4.32. The number of carbonyl (C=O) groups is 2. The lowest BCUT2D eigenvalue weighted by atomic mass is 10.3. The molecule has 1 N–H and O–H groups in total. The normalized spacial score (nSPS) is 15.8. The van der Waals surface area contributed by atoms with Crippen molar-refractivity contribution in [2.45, 2.75) is 0 Å². The first-order valence-electron chi connectivity index (χ1n) is 8.10. The van der Waals surface area contributed by atoms with Crippen LogP contribution in [0.5, 0.6) is 0 Å². The molecule has 8 nitrogen and oxygen atoms in total. The fourth-order valence-corrected chi connectivity index (χ4v) is 4.62. The molecule has 1 saturated heterocycles. The molecule has 1 aliphatic heterocycles. The van der Waals surface area contributed by atoms with E-state index in [2.05, 4.69) is 5.32 Å². The van der Waals surface area contributed by atoms with Crippen molar-refractivity contribution in [1.82, 2.24) is 14.5 Å². The average Bonchev–Trinajstić information content (AvgIpc) is 3.34. The first kappa shape index (κ1) is 18.6. The summed E-state index contributed by atoms with van der Waals surface area (Å²) in [4.78, 5) is 26.2. The Labute approximate surface area is 155 Å². The molecule has 26 heavy (non-hydrogen) atoms. The highest BCUT2D eigenvalue weighted by atomic mass is 32.2. The number of hydrogen-bond donors (Lipinski definition) is 1. The van der Waals surface area contributed by atoms with E-state index in [1.165, 1.54) is 21.9 Å². The van der Waals surface area contributed by atoms with Gasteiger partial charge in [0, 0.05) is 32.7 Å². The molecule has 0 spiro atoms. The van der Waals surface area contributed by atoms with Crippen LogP contribution in [-0.2, 0) is 10.0 Å². The maximum atomic E-state index is 12.4. The molecule has 0 aromatic carbocycles. The van der Waals surface area contributed by atoms with E-state index in [1.54, 1.807) is 34.5 Å². The molecular weight excluding hydrogens is 378 g/mol. The number of nitrogens with zero attached hydrogens (tertiary/aromatic N) is 2. The molecule has 1 aliphatic rings. The number of amides is 2. The number of piperazine rings is 1. The third-order valence-electron chi connectivity index (χ3n) is 4.04. The largest absolute Gasteiger partial charge is 0.459 e. The third-order valence-corrected chi connectivity index (χ3v) is 6.78. The van der Waals surface area contributed by atoms with Crippen LogP contribution in [0.4, 0.5) is 0 Å². The lowest BCUT2D eigenvalue weighted by Crippen LogP contribution is -2.51. The number of carbonyl (C=O) groups excluding carboxylic acids is 2. The van der Waals surface area contributed by atoms with Gasteiger partial charge in [-0.3, -0.25) is 9.59 Å². The van der Waals surface area contributed by atoms with E-state index in [9.17, 15) is 18.0 Å². The van der Waals surface area contributed by atoms with E-state index in [0.29, 0.717) is 18.0 Å². The van der Waals surface area contributed by atoms with Crippen molar-refractivity contribution in [2.75, 3.05) is 38.5 Å². The molecule has 2 aromatic heterocycles. The molecule has 0 radical (unpaired) electrons. The van der Waals surface area contributed by atoms with Gasteiger partial charge in [-0.1, -0.05) is 6.07 Å². The molecule has 0 unspecified atom stereocenters. The highest BCUT2D eigenvalue weighted by molar-refractivity contribution is 7.89. The topological polar surface area (TPSA) is 99.9 Å². The van der Waals surface area contributed by atoms with Crippen molar-refractivity contribution < 1.29 is 22.4 Å². The quantitative estimate of drug-likeness (QED) is 0.779. The summed E-state index contributed by atoms with van der Waals surface area (Å²) in [7, 11) is -3.49. The molecule has 140 valence electrons. The zero-order valence-electron chi connectivity index (χ0n) is 14.0. The van der Waals surface area contributed by atoms with Gasteiger partial charge in [0.05, 0.1) is 16.9 Å². The Hall–Kier alpha value is -2.17. The van der Waals surface area contributed by atoms with E-state index >= 15 is 0 Å². The van der Waals surface area contributed by atoms with Gasteiger partial charge in [-0.05, 0) is 23.6 Å². The summed E-state index contributed by atoms with van der Waals surface area (Å²) in [6.07, 6.45) is 1.43. The lowest BCUT2D eigenvalue weighted by Gasteiger charge is -2.33. The Morgan fingerprint density at radius 1 is 1.15 bits per heavy atom. The second-order valence-electron chi connectivity index (χ2n) is 5.72. The summed E-state index contributed by atoms with van der Waals surface area (Å²) < 4.78 is 31.3. The van der Waals surface area contributed by atoms with Crippen LogP contribution in [0.1, 0.15) is 20.2 Å². The summed E-state index contributed by atoms with van der Waals surface area (Å²) in [6.45, 7) is 1.12. The van der Waals surface area contributed by atoms with Crippen LogP contribution in [0.25, 0.3) is 0 Å². The molecular formula is C16H19N3O5S2. The smallest absolute Gasteiger partial charge is 0.289 e. The second-order valence-corrected chi connectivity index (χ2v) is 8.75. The van der Waals surface area contributed by atoms with Gasteiger partial charge in [0.25, 0.3) is 11.8 Å². The van der Waals surface area contributed by atoms with Crippen molar-refractivity contribution in [2.24, 2.45) is 0 Å². The number of furan rings is 1. The first-order chi connectivity index (χ1) is 12.5. The van der Waals surface area contributed by atoms with Gasteiger partial charge in [0.1, 0.15) is 0 Å². The Kier molecular flexibility index (Phi) is 5.74. The van der Waals surface area contributed by atoms with Crippen LogP contribution in [0, 0.1) is 0 Å². The van der Waals surface area contributed by atoms with E-state index in [-0.39, 0.29) is 43.0 Å². The number of sulfonamides is 1. The molecule has 0 aliphatic carbocycles. The predicted molar refractivity (Wildman–Crippen MR) is 96.6 cm³/mol. The van der Waals surface area contributed by atoms with E-state index in [4.69, 9.17) is 4.42 Å². The van der Waals surface area contributed by atoms with E-state index < -0.39 is 10.0 Å². The van der Waals surface area contributed by atoms with Gasteiger partial charge in [0.15, 0.2) is 5.76 Å². The van der Waals surface area contributed by atoms with E-state index in [1.807, 2.05) is 0 Å². The monoisotopic (exact) mass is 397 g/mol.